The lowest BCUT2D eigenvalue weighted by Crippen LogP contribution is -2.44. The van der Waals surface area contributed by atoms with Crippen LogP contribution in [0.1, 0.15) is 70.8 Å². The Balaban J connectivity index is 1.87. The van der Waals surface area contributed by atoms with Gasteiger partial charge < -0.3 is 9.64 Å². The van der Waals surface area contributed by atoms with Crippen LogP contribution in [0.4, 0.5) is 0 Å². The van der Waals surface area contributed by atoms with Gasteiger partial charge in [-0.05, 0) is 43.6 Å². The van der Waals surface area contributed by atoms with Crippen molar-refractivity contribution in [2.24, 2.45) is 5.92 Å². The van der Waals surface area contributed by atoms with Crippen molar-refractivity contribution in [3.63, 3.8) is 0 Å². The number of amides is 1. The number of nitrogens with zero attached hydrogens (tertiary/aromatic N) is 1. The quantitative estimate of drug-likeness (QED) is 0.506. The molecule has 1 heterocycles. The fraction of sp³-hybridized carbons (Fsp3) is 0.696. The number of ether oxygens (including phenoxy) is 1. The molecule has 2 rings (SSSR count). The van der Waals surface area contributed by atoms with E-state index in [4.69, 9.17) is 4.74 Å². The van der Waals surface area contributed by atoms with E-state index >= 15 is 0 Å². The monoisotopic (exact) mass is 359 g/mol. The molecule has 1 amide bonds. The third kappa shape index (κ3) is 6.42. The van der Waals surface area contributed by atoms with Gasteiger partial charge in [-0.1, -0.05) is 63.4 Å². The molecule has 0 saturated carbocycles. The maximum absolute atomic E-state index is 12.7. The van der Waals surface area contributed by atoms with Crippen molar-refractivity contribution in [1.82, 2.24) is 4.90 Å². The van der Waals surface area contributed by atoms with E-state index in [9.17, 15) is 4.79 Å². The molecule has 3 unspecified atom stereocenters. The molecular formula is C23H37NO2. The summed E-state index contributed by atoms with van der Waals surface area (Å²) in [4.78, 5) is 14.8. The summed E-state index contributed by atoms with van der Waals surface area (Å²) in [6.07, 6.45) is 9.76. The Hall–Kier alpha value is -1.35. The number of hydrogen-bond donors (Lipinski definition) is 0. The van der Waals surface area contributed by atoms with Gasteiger partial charge >= 0.3 is 0 Å². The summed E-state index contributed by atoms with van der Waals surface area (Å²) >= 11 is 0. The molecular weight excluding hydrogens is 322 g/mol. The molecule has 1 fully saturated rings. The van der Waals surface area contributed by atoms with Gasteiger partial charge in [0, 0.05) is 20.1 Å². The van der Waals surface area contributed by atoms with E-state index in [2.05, 4.69) is 49.1 Å². The Morgan fingerprint density at radius 2 is 2.00 bits per heavy atom. The highest BCUT2D eigenvalue weighted by Gasteiger charge is 2.35. The van der Waals surface area contributed by atoms with Gasteiger partial charge in [-0.15, -0.1) is 0 Å². The van der Waals surface area contributed by atoms with Crippen LogP contribution in [0.5, 0.6) is 0 Å². The fourth-order valence-corrected chi connectivity index (χ4v) is 4.24. The molecule has 0 bridgehead atoms. The average Bonchev–Trinajstić information content (AvgIpc) is 3.13. The second-order valence-corrected chi connectivity index (χ2v) is 7.91. The number of rotatable bonds is 11. The largest absolute Gasteiger partial charge is 0.379 e. The summed E-state index contributed by atoms with van der Waals surface area (Å²) in [5.74, 6) is 0.880. The van der Waals surface area contributed by atoms with Gasteiger partial charge in [0.1, 0.15) is 0 Å². The number of benzene rings is 1. The second-order valence-electron chi connectivity index (χ2n) is 7.91. The first-order valence-electron chi connectivity index (χ1n) is 10.5. The molecule has 0 N–H and O–H groups in total. The minimum atomic E-state index is 0.149. The minimum absolute atomic E-state index is 0.149. The van der Waals surface area contributed by atoms with Crippen LogP contribution in [0, 0.1) is 5.92 Å². The summed E-state index contributed by atoms with van der Waals surface area (Å²) in [7, 11) is 1.81. The van der Waals surface area contributed by atoms with Crippen LogP contribution in [0.25, 0.3) is 0 Å². The zero-order chi connectivity index (χ0) is 18.8. The number of likely N-dealkylation sites (tertiary alicyclic amines) is 1. The van der Waals surface area contributed by atoms with Crippen molar-refractivity contribution >= 4 is 5.91 Å². The van der Waals surface area contributed by atoms with Crippen molar-refractivity contribution < 1.29 is 9.53 Å². The van der Waals surface area contributed by atoms with E-state index in [1.807, 2.05) is 7.11 Å². The molecule has 0 spiro atoms. The number of carbonyl (C=O) groups is 1. The lowest BCUT2D eigenvalue weighted by atomic mass is 9.92. The molecule has 26 heavy (non-hydrogen) atoms. The number of hydrogen-bond acceptors (Lipinski definition) is 2. The molecule has 0 aromatic heterocycles. The molecule has 1 aliphatic heterocycles. The second kappa shape index (κ2) is 11.4. The van der Waals surface area contributed by atoms with Gasteiger partial charge in [-0.25, -0.2) is 0 Å². The Labute approximate surface area is 160 Å². The molecule has 1 aromatic rings. The van der Waals surface area contributed by atoms with Gasteiger partial charge in [0.15, 0.2) is 0 Å². The molecule has 146 valence electrons. The lowest BCUT2D eigenvalue weighted by molar-refractivity contribution is -0.135. The van der Waals surface area contributed by atoms with Crippen molar-refractivity contribution in [3.8, 4) is 0 Å². The fourth-order valence-electron chi connectivity index (χ4n) is 4.24. The minimum Gasteiger partial charge on any atom is -0.379 e. The molecule has 0 aliphatic carbocycles. The standard InChI is InChI=1S/C23H37NO2/c1-4-5-6-10-15-23(25)24-16-11-14-21(24)22(26-3)18-19(2)17-20-12-8-7-9-13-20/h7-9,12-13,19,21-22H,4-6,10-11,14-18H2,1-3H3. The Kier molecular flexibility index (Phi) is 9.17. The Morgan fingerprint density at radius 3 is 2.69 bits per heavy atom. The van der Waals surface area contributed by atoms with Gasteiger partial charge in [-0.3, -0.25) is 4.79 Å². The van der Waals surface area contributed by atoms with Crippen molar-refractivity contribution in [3.05, 3.63) is 35.9 Å². The van der Waals surface area contributed by atoms with Crippen molar-refractivity contribution in [1.29, 1.82) is 0 Å². The normalized spacial score (nSPS) is 19.5. The van der Waals surface area contributed by atoms with Crippen LogP contribution < -0.4 is 0 Å². The van der Waals surface area contributed by atoms with Gasteiger partial charge in [0.05, 0.1) is 12.1 Å². The molecule has 0 radical (unpaired) electrons. The van der Waals surface area contributed by atoms with E-state index in [1.54, 1.807) is 0 Å². The molecule has 1 aromatic carbocycles. The third-order valence-corrected chi connectivity index (χ3v) is 5.66. The highest BCUT2D eigenvalue weighted by molar-refractivity contribution is 5.76. The van der Waals surface area contributed by atoms with Crippen LogP contribution in [0.2, 0.25) is 0 Å². The van der Waals surface area contributed by atoms with Gasteiger partial charge in [-0.2, -0.15) is 0 Å². The van der Waals surface area contributed by atoms with Gasteiger partial charge in [0.2, 0.25) is 5.91 Å². The lowest BCUT2D eigenvalue weighted by Gasteiger charge is -2.32. The molecule has 3 nitrogen and oxygen atoms in total. The predicted octanol–water partition coefficient (Wildman–Crippen LogP) is 5.23. The van der Waals surface area contributed by atoms with E-state index in [0.29, 0.717) is 18.2 Å². The van der Waals surface area contributed by atoms with Crippen LogP contribution in [0.3, 0.4) is 0 Å². The SMILES string of the molecule is CCCCCCC(=O)N1CCCC1C(CC(C)Cc1ccccc1)OC. The van der Waals surface area contributed by atoms with Crippen molar-refractivity contribution in [2.75, 3.05) is 13.7 Å². The molecule has 1 saturated heterocycles. The van der Waals surface area contributed by atoms with E-state index < -0.39 is 0 Å². The first kappa shape index (κ1) is 21.0. The number of methoxy groups -OCH3 is 1. The number of unbranched alkanes of at least 4 members (excludes halogenated alkanes) is 3. The van der Waals surface area contributed by atoms with Crippen molar-refractivity contribution in [2.45, 2.75) is 83.8 Å². The number of carbonyl (C=O) groups excluding carboxylic acids is 1. The maximum Gasteiger partial charge on any atom is 0.222 e. The topological polar surface area (TPSA) is 29.5 Å². The van der Waals surface area contributed by atoms with Crippen LogP contribution in [0.15, 0.2) is 30.3 Å². The van der Waals surface area contributed by atoms with Crippen LogP contribution >= 0.6 is 0 Å². The Bertz CT molecular complexity index is 516. The maximum atomic E-state index is 12.7. The first-order valence-corrected chi connectivity index (χ1v) is 10.5. The average molecular weight is 360 g/mol. The zero-order valence-corrected chi connectivity index (χ0v) is 17.0. The summed E-state index contributed by atoms with van der Waals surface area (Å²) in [5, 5.41) is 0. The summed E-state index contributed by atoms with van der Waals surface area (Å²) in [5.41, 5.74) is 1.38. The predicted molar refractivity (Wildman–Crippen MR) is 108 cm³/mol. The third-order valence-electron chi connectivity index (χ3n) is 5.66. The Morgan fingerprint density at radius 1 is 1.23 bits per heavy atom. The summed E-state index contributed by atoms with van der Waals surface area (Å²) in [6.45, 7) is 5.41. The first-order chi connectivity index (χ1) is 12.7. The molecule has 1 aliphatic rings. The summed E-state index contributed by atoms with van der Waals surface area (Å²) < 4.78 is 5.87. The van der Waals surface area contributed by atoms with Crippen LogP contribution in [-0.2, 0) is 16.0 Å². The van der Waals surface area contributed by atoms with Gasteiger partial charge in [0.25, 0.3) is 0 Å². The van der Waals surface area contributed by atoms with E-state index in [1.165, 1.54) is 24.8 Å². The smallest absolute Gasteiger partial charge is 0.222 e. The zero-order valence-electron chi connectivity index (χ0n) is 17.0. The molecule has 3 heteroatoms. The summed E-state index contributed by atoms with van der Waals surface area (Å²) in [6, 6.07) is 10.9. The van der Waals surface area contributed by atoms with Crippen LogP contribution in [-0.4, -0.2) is 36.6 Å². The highest BCUT2D eigenvalue weighted by Crippen LogP contribution is 2.27. The highest BCUT2D eigenvalue weighted by atomic mass is 16.5. The van der Waals surface area contributed by atoms with E-state index in [0.717, 1.165) is 38.6 Å². The van der Waals surface area contributed by atoms with E-state index in [-0.39, 0.29) is 12.1 Å². The molecule has 3 atom stereocenters.